The van der Waals surface area contributed by atoms with Gasteiger partial charge in [-0.2, -0.15) is 5.10 Å². The second kappa shape index (κ2) is 10.9. The van der Waals surface area contributed by atoms with Gasteiger partial charge in [0.2, 0.25) is 0 Å². The summed E-state index contributed by atoms with van der Waals surface area (Å²) >= 11 is 0. The van der Waals surface area contributed by atoms with Gasteiger partial charge in [-0.15, -0.1) is 6.58 Å². The number of hydrogen-bond donors (Lipinski definition) is 1. The molecular formula is C16H29N5. The van der Waals surface area contributed by atoms with Crippen LogP contribution in [0.15, 0.2) is 36.1 Å². The number of hydrogen-bond acceptors (Lipinski definition) is 2. The van der Waals surface area contributed by atoms with Gasteiger partial charge in [0.05, 0.1) is 0 Å². The van der Waals surface area contributed by atoms with Crippen molar-refractivity contribution in [2.45, 2.75) is 38.6 Å². The third-order valence-electron chi connectivity index (χ3n) is 3.38. The van der Waals surface area contributed by atoms with Crippen LogP contribution in [0.4, 0.5) is 0 Å². The molecule has 0 aliphatic heterocycles. The molecule has 0 fully saturated rings. The Morgan fingerprint density at radius 1 is 1.38 bits per heavy atom. The first kappa shape index (κ1) is 17.3. The zero-order valence-corrected chi connectivity index (χ0v) is 13.5. The van der Waals surface area contributed by atoms with Crippen LogP contribution < -0.4 is 5.32 Å². The monoisotopic (exact) mass is 291 g/mol. The lowest BCUT2D eigenvalue weighted by atomic mass is 10.2. The normalized spacial score (nSPS) is 11.4. The summed E-state index contributed by atoms with van der Waals surface area (Å²) in [6, 6.07) is 1.95. The van der Waals surface area contributed by atoms with Gasteiger partial charge in [-0.1, -0.05) is 12.5 Å². The number of aryl methyl sites for hydroxylation is 1. The molecular weight excluding hydrogens is 262 g/mol. The summed E-state index contributed by atoms with van der Waals surface area (Å²) in [5.41, 5.74) is 0. The van der Waals surface area contributed by atoms with Crippen LogP contribution in [0.5, 0.6) is 0 Å². The lowest BCUT2D eigenvalue weighted by Crippen LogP contribution is -2.40. The topological polar surface area (TPSA) is 45.5 Å². The van der Waals surface area contributed by atoms with E-state index in [9.17, 15) is 0 Å². The molecule has 1 N–H and O–H groups in total. The smallest absolute Gasteiger partial charge is 0.193 e. The van der Waals surface area contributed by atoms with Gasteiger partial charge in [0.15, 0.2) is 5.96 Å². The molecule has 0 amide bonds. The molecule has 0 unspecified atom stereocenters. The molecule has 0 aliphatic carbocycles. The van der Waals surface area contributed by atoms with Crippen LogP contribution in [0, 0.1) is 0 Å². The van der Waals surface area contributed by atoms with Crippen molar-refractivity contribution >= 4 is 5.96 Å². The van der Waals surface area contributed by atoms with Crippen LogP contribution in [0.25, 0.3) is 0 Å². The molecule has 1 aromatic rings. The maximum Gasteiger partial charge on any atom is 0.193 e. The molecule has 0 atom stereocenters. The molecule has 0 saturated carbocycles. The molecule has 5 nitrogen and oxygen atoms in total. The second-order valence-corrected chi connectivity index (χ2v) is 5.16. The van der Waals surface area contributed by atoms with Gasteiger partial charge in [0.1, 0.15) is 0 Å². The maximum atomic E-state index is 4.33. The van der Waals surface area contributed by atoms with E-state index in [1.807, 2.05) is 36.3 Å². The quantitative estimate of drug-likeness (QED) is 0.312. The molecule has 0 radical (unpaired) electrons. The van der Waals surface area contributed by atoms with Crippen LogP contribution in [0.3, 0.4) is 0 Å². The zero-order chi connectivity index (χ0) is 15.3. The van der Waals surface area contributed by atoms with Gasteiger partial charge in [-0.3, -0.25) is 9.67 Å². The van der Waals surface area contributed by atoms with Crippen LogP contribution >= 0.6 is 0 Å². The largest absolute Gasteiger partial charge is 0.356 e. The third-order valence-corrected chi connectivity index (χ3v) is 3.38. The summed E-state index contributed by atoms with van der Waals surface area (Å²) < 4.78 is 1.95. The molecule has 1 aromatic heterocycles. The number of allylic oxidation sites excluding steroid dienone is 1. The zero-order valence-electron chi connectivity index (χ0n) is 13.5. The third kappa shape index (κ3) is 7.54. The highest BCUT2D eigenvalue weighted by Crippen LogP contribution is 2.01. The number of aliphatic imine (C=N–C) groups is 1. The first-order valence-corrected chi connectivity index (χ1v) is 7.78. The average molecular weight is 291 g/mol. The van der Waals surface area contributed by atoms with E-state index >= 15 is 0 Å². The SMILES string of the molecule is C=CCCCCCN(C)C(=NC)NCCCn1cccn1. The lowest BCUT2D eigenvalue weighted by molar-refractivity contribution is 0.452. The standard InChI is InChI=1S/C16H29N5/c1-4-5-6-7-8-13-20(3)16(17-2)18-11-9-14-21-15-10-12-19-21/h4,10,12,15H,1,5-9,11,13-14H2,2-3H3,(H,17,18). The van der Waals surface area contributed by atoms with Crippen molar-refractivity contribution in [3.63, 3.8) is 0 Å². The maximum absolute atomic E-state index is 4.33. The van der Waals surface area contributed by atoms with Gasteiger partial charge in [0.25, 0.3) is 0 Å². The number of unbranched alkanes of at least 4 members (excludes halogenated alkanes) is 3. The molecule has 5 heteroatoms. The van der Waals surface area contributed by atoms with Gasteiger partial charge in [-0.25, -0.2) is 0 Å². The van der Waals surface area contributed by atoms with E-state index in [0.717, 1.165) is 38.4 Å². The molecule has 0 spiro atoms. The van der Waals surface area contributed by atoms with Crippen molar-refractivity contribution in [1.82, 2.24) is 20.0 Å². The highest BCUT2D eigenvalue weighted by atomic mass is 15.3. The highest BCUT2D eigenvalue weighted by Gasteiger charge is 2.04. The van der Waals surface area contributed by atoms with Gasteiger partial charge < -0.3 is 10.2 Å². The summed E-state index contributed by atoms with van der Waals surface area (Å²) in [4.78, 5) is 6.53. The lowest BCUT2D eigenvalue weighted by Gasteiger charge is -2.22. The van der Waals surface area contributed by atoms with Crippen molar-refractivity contribution < 1.29 is 0 Å². The Hall–Kier alpha value is -1.78. The number of guanidine groups is 1. The molecule has 0 aromatic carbocycles. The van der Waals surface area contributed by atoms with Crippen molar-refractivity contribution in [1.29, 1.82) is 0 Å². The Kier molecular flexibility index (Phi) is 9.00. The van der Waals surface area contributed by atoms with Crippen molar-refractivity contribution in [2.24, 2.45) is 4.99 Å². The molecule has 0 aliphatic rings. The van der Waals surface area contributed by atoms with E-state index in [1.165, 1.54) is 19.3 Å². The fourth-order valence-electron chi connectivity index (χ4n) is 2.18. The fraction of sp³-hybridized carbons (Fsp3) is 0.625. The average Bonchev–Trinajstić information content (AvgIpc) is 3.00. The highest BCUT2D eigenvalue weighted by molar-refractivity contribution is 5.79. The molecule has 1 rings (SSSR count). The Morgan fingerprint density at radius 3 is 2.90 bits per heavy atom. The molecule has 21 heavy (non-hydrogen) atoms. The van der Waals surface area contributed by atoms with E-state index in [2.05, 4.69) is 33.9 Å². The first-order chi connectivity index (χ1) is 10.3. The van der Waals surface area contributed by atoms with E-state index in [-0.39, 0.29) is 0 Å². The van der Waals surface area contributed by atoms with Crippen molar-refractivity contribution in [2.75, 3.05) is 27.2 Å². The van der Waals surface area contributed by atoms with Crippen molar-refractivity contribution in [3.05, 3.63) is 31.1 Å². The van der Waals surface area contributed by atoms with E-state index in [0.29, 0.717) is 0 Å². The number of rotatable bonds is 10. The molecule has 118 valence electrons. The van der Waals surface area contributed by atoms with Crippen LogP contribution in [-0.4, -0.2) is 47.8 Å². The van der Waals surface area contributed by atoms with Crippen LogP contribution in [0.1, 0.15) is 32.1 Å². The molecule has 0 saturated heterocycles. The Labute approximate surface area is 128 Å². The fourth-order valence-corrected chi connectivity index (χ4v) is 2.18. The second-order valence-electron chi connectivity index (χ2n) is 5.16. The first-order valence-electron chi connectivity index (χ1n) is 7.78. The Bertz CT molecular complexity index is 397. The van der Waals surface area contributed by atoms with Crippen LogP contribution in [-0.2, 0) is 6.54 Å². The minimum atomic E-state index is 0.910. The minimum Gasteiger partial charge on any atom is -0.356 e. The predicted octanol–water partition coefficient (Wildman–Crippen LogP) is 2.53. The summed E-state index contributed by atoms with van der Waals surface area (Å²) in [7, 11) is 3.93. The molecule has 0 bridgehead atoms. The van der Waals surface area contributed by atoms with Crippen molar-refractivity contribution in [3.8, 4) is 0 Å². The Balaban J connectivity index is 2.13. The van der Waals surface area contributed by atoms with E-state index < -0.39 is 0 Å². The number of nitrogens with one attached hydrogen (secondary N) is 1. The summed E-state index contributed by atoms with van der Waals surface area (Å²) in [5.74, 6) is 0.971. The number of nitrogens with zero attached hydrogens (tertiary/aromatic N) is 4. The van der Waals surface area contributed by atoms with E-state index in [4.69, 9.17) is 0 Å². The van der Waals surface area contributed by atoms with Gasteiger partial charge in [-0.05, 0) is 31.7 Å². The summed E-state index contributed by atoms with van der Waals surface area (Å²) in [6.07, 6.45) is 11.6. The minimum absolute atomic E-state index is 0.910. The molecule has 1 heterocycles. The van der Waals surface area contributed by atoms with Gasteiger partial charge >= 0.3 is 0 Å². The van der Waals surface area contributed by atoms with Gasteiger partial charge in [0, 0.05) is 46.1 Å². The predicted molar refractivity (Wildman–Crippen MR) is 89.5 cm³/mol. The summed E-state index contributed by atoms with van der Waals surface area (Å²) in [5, 5.41) is 7.60. The number of aromatic nitrogens is 2. The summed E-state index contributed by atoms with van der Waals surface area (Å²) in [6.45, 7) is 6.63. The van der Waals surface area contributed by atoms with Crippen LogP contribution in [0.2, 0.25) is 0 Å². The van der Waals surface area contributed by atoms with E-state index in [1.54, 1.807) is 0 Å². The Morgan fingerprint density at radius 2 is 2.24 bits per heavy atom.